The summed E-state index contributed by atoms with van der Waals surface area (Å²) in [6.45, 7) is 4.38. The SMILES string of the molecule is CC(C)[C@@]1(c2ccc(I)cc2)C[C@]12c1cc(F)ccc1NC2O. The van der Waals surface area contributed by atoms with Crippen molar-refractivity contribution >= 4 is 28.3 Å². The molecule has 2 aliphatic rings. The van der Waals surface area contributed by atoms with Crippen LogP contribution in [-0.2, 0) is 10.8 Å². The highest BCUT2D eigenvalue weighted by molar-refractivity contribution is 14.1. The van der Waals surface area contributed by atoms with Crippen molar-refractivity contribution in [2.75, 3.05) is 5.32 Å². The molecule has 0 radical (unpaired) electrons. The summed E-state index contributed by atoms with van der Waals surface area (Å²) >= 11 is 2.30. The fourth-order valence-corrected chi connectivity index (χ4v) is 5.02. The Hall–Kier alpha value is -1.14. The lowest BCUT2D eigenvalue weighted by molar-refractivity contribution is 0.148. The number of rotatable bonds is 2. The minimum absolute atomic E-state index is 0.164. The number of fused-ring (bicyclic) bond motifs is 2. The molecular weight excluding hydrogens is 404 g/mol. The molecule has 1 aliphatic carbocycles. The van der Waals surface area contributed by atoms with Crippen molar-refractivity contribution in [3.63, 3.8) is 0 Å². The van der Waals surface area contributed by atoms with E-state index >= 15 is 0 Å². The van der Waals surface area contributed by atoms with E-state index in [4.69, 9.17) is 0 Å². The van der Waals surface area contributed by atoms with Crippen LogP contribution in [0.3, 0.4) is 0 Å². The molecule has 1 spiro atoms. The smallest absolute Gasteiger partial charge is 0.135 e. The van der Waals surface area contributed by atoms with Gasteiger partial charge in [0.05, 0.1) is 5.41 Å². The van der Waals surface area contributed by atoms with Crippen molar-refractivity contribution in [1.29, 1.82) is 0 Å². The molecule has 0 aromatic heterocycles. The van der Waals surface area contributed by atoms with E-state index in [0.717, 1.165) is 17.7 Å². The van der Waals surface area contributed by atoms with Gasteiger partial charge in [-0.25, -0.2) is 4.39 Å². The van der Waals surface area contributed by atoms with Crippen molar-refractivity contribution in [2.24, 2.45) is 5.92 Å². The van der Waals surface area contributed by atoms with E-state index in [2.05, 4.69) is 66.0 Å². The van der Waals surface area contributed by atoms with Gasteiger partial charge in [0.2, 0.25) is 0 Å². The second-order valence-electron chi connectivity index (χ2n) is 7.02. The Morgan fingerprint density at radius 3 is 2.57 bits per heavy atom. The van der Waals surface area contributed by atoms with Crippen molar-refractivity contribution in [3.8, 4) is 0 Å². The molecule has 0 bridgehead atoms. The average Bonchev–Trinajstić information content (AvgIpc) is 3.15. The van der Waals surface area contributed by atoms with Crippen molar-refractivity contribution in [3.05, 3.63) is 63.0 Å². The summed E-state index contributed by atoms with van der Waals surface area (Å²) in [5, 5.41) is 14.0. The number of nitrogens with one attached hydrogen (secondary N) is 1. The monoisotopic (exact) mass is 423 g/mol. The summed E-state index contributed by atoms with van der Waals surface area (Å²) in [6, 6.07) is 13.3. The van der Waals surface area contributed by atoms with Crippen molar-refractivity contribution < 1.29 is 9.50 Å². The van der Waals surface area contributed by atoms with E-state index in [1.807, 2.05) is 0 Å². The molecule has 0 saturated heterocycles. The first kappa shape index (κ1) is 15.4. The van der Waals surface area contributed by atoms with E-state index < -0.39 is 11.6 Å². The van der Waals surface area contributed by atoms with Gasteiger partial charge in [-0.1, -0.05) is 26.0 Å². The molecule has 1 heterocycles. The van der Waals surface area contributed by atoms with Crippen LogP contribution in [0.4, 0.5) is 10.1 Å². The molecule has 2 N–H and O–H groups in total. The highest BCUT2D eigenvalue weighted by Crippen LogP contribution is 2.73. The largest absolute Gasteiger partial charge is 0.373 e. The molecule has 4 heteroatoms. The van der Waals surface area contributed by atoms with E-state index in [-0.39, 0.29) is 11.2 Å². The molecule has 2 aromatic carbocycles. The first-order chi connectivity index (χ1) is 10.9. The zero-order valence-corrected chi connectivity index (χ0v) is 15.3. The number of hydrogen-bond acceptors (Lipinski definition) is 2. The van der Waals surface area contributed by atoms with Gasteiger partial charge in [-0.05, 0) is 76.4 Å². The summed E-state index contributed by atoms with van der Waals surface area (Å²) in [6.07, 6.45) is 0.157. The predicted molar refractivity (Wildman–Crippen MR) is 98.0 cm³/mol. The molecule has 120 valence electrons. The lowest BCUT2D eigenvalue weighted by Crippen LogP contribution is -2.36. The van der Waals surface area contributed by atoms with Crippen LogP contribution < -0.4 is 5.32 Å². The van der Waals surface area contributed by atoms with Crippen molar-refractivity contribution in [2.45, 2.75) is 37.3 Å². The Bertz CT molecular complexity index is 775. The maximum Gasteiger partial charge on any atom is 0.135 e. The van der Waals surface area contributed by atoms with Crippen LogP contribution in [0.25, 0.3) is 0 Å². The summed E-state index contributed by atoms with van der Waals surface area (Å²) in [4.78, 5) is 0. The molecule has 1 unspecified atom stereocenters. The van der Waals surface area contributed by atoms with Crippen LogP contribution in [-0.4, -0.2) is 11.3 Å². The van der Waals surface area contributed by atoms with Gasteiger partial charge >= 0.3 is 0 Å². The molecular formula is C19H19FINO. The van der Waals surface area contributed by atoms with Crippen LogP contribution in [0.1, 0.15) is 31.4 Å². The van der Waals surface area contributed by atoms with E-state index in [1.54, 1.807) is 12.1 Å². The van der Waals surface area contributed by atoms with Gasteiger partial charge in [-0.3, -0.25) is 0 Å². The number of anilines is 1. The Morgan fingerprint density at radius 2 is 1.91 bits per heavy atom. The Kier molecular flexibility index (Phi) is 3.30. The minimum atomic E-state index is -0.680. The number of aliphatic hydroxyl groups is 1. The zero-order valence-electron chi connectivity index (χ0n) is 13.1. The third-order valence-corrected chi connectivity index (χ3v) is 6.51. The summed E-state index contributed by atoms with van der Waals surface area (Å²) in [7, 11) is 0. The molecule has 0 amide bonds. The zero-order chi connectivity index (χ0) is 16.4. The Labute approximate surface area is 149 Å². The highest BCUT2D eigenvalue weighted by Gasteiger charge is 2.75. The molecule has 2 aromatic rings. The molecule has 1 saturated carbocycles. The quantitative estimate of drug-likeness (QED) is 0.702. The summed E-state index contributed by atoms with van der Waals surface area (Å²) in [5.41, 5.74) is 2.39. The van der Waals surface area contributed by atoms with Gasteiger partial charge in [-0.15, -0.1) is 0 Å². The van der Waals surface area contributed by atoms with Crippen LogP contribution in [0.2, 0.25) is 0 Å². The van der Waals surface area contributed by atoms with Crippen LogP contribution in [0.5, 0.6) is 0 Å². The van der Waals surface area contributed by atoms with Crippen LogP contribution in [0, 0.1) is 15.3 Å². The Morgan fingerprint density at radius 1 is 1.22 bits per heavy atom. The molecule has 23 heavy (non-hydrogen) atoms. The van der Waals surface area contributed by atoms with Crippen LogP contribution >= 0.6 is 22.6 Å². The molecule has 1 fully saturated rings. The second-order valence-corrected chi connectivity index (χ2v) is 8.26. The number of halogens is 2. The third-order valence-electron chi connectivity index (χ3n) is 5.79. The van der Waals surface area contributed by atoms with Gasteiger partial charge in [0.25, 0.3) is 0 Å². The van der Waals surface area contributed by atoms with E-state index in [1.165, 1.54) is 15.2 Å². The fourth-order valence-electron chi connectivity index (χ4n) is 4.66. The normalized spacial score (nSPS) is 31.3. The number of benzene rings is 2. The van der Waals surface area contributed by atoms with Crippen LogP contribution in [0.15, 0.2) is 42.5 Å². The van der Waals surface area contributed by atoms with Gasteiger partial charge in [0.15, 0.2) is 0 Å². The molecule has 4 rings (SSSR count). The van der Waals surface area contributed by atoms with E-state index in [0.29, 0.717) is 5.92 Å². The molecule has 1 aliphatic heterocycles. The third kappa shape index (κ3) is 1.88. The first-order valence-electron chi connectivity index (χ1n) is 7.92. The van der Waals surface area contributed by atoms with E-state index in [9.17, 15) is 9.50 Å². The van der Waals surface area contributed by atoms with Gasteiger partial charge < -0.3 is 10.4 Å². The van der Waals surface area contributed by atoms with Gasteiger partial charge in [0.1, 0.15) is 12.0 Å². The maximum atomic E-state index is 13.9. The van der Waals surface area contributed by atoms with Gasteiger partial charge in [-0.2, -0.15) is 0 Å². The molecule has 3 atom stereocenters. The highest BCUT2D eigenvalue weighted by atomic mass is 127. The lowest BCUT2D eigenvalue weighted by Gasteiger charge is -2.29. The summed E-state index contributed by atoms with van der Waals surface area (Å²) < 4.78 is 15.0. The first-order valence-corrected chi connectivity index (χ1v) is 9.00. The number of aliphatic hydroxyl groups excluding tert-OH is 1. The maximum absolute atomic E-state index is 13.9. The standard InChI is InChI=1S/C19H19FINO/c1-11(2)18(12-3-6-14(21)7-4-12)10-19(18)15-9-13(20)5-8-16(15)22-17(19)23/h3-9,11,17,22-23H,10H2,1-2H3/t17?,18-,19-/m1/s1. The lowest BCUT2D eigenvalue weighted by atomic mass is 9.75. The Balaban J connectivity index is 1.90. The van der Waals surface area contributed by atoms with Gasteiger partial charge in [0, 0.05) is 14.7 Å². The minimum Gasteiger partial charge on any atom is -0.373 e. The second kappa shape index (κ2) is 4.93. The predicted octanol–water partition coefficient (Wildman–Crippen LogP) is 4.41. The number of hydrogen-bond donors (Lipinski definition) is 2. The fraction of sp³-hybridized carbons (Fsp3) is 0.368. The average molecular weight is 423 g/mol. The van der Waals surface area contributed by atoms with Crippen molar-refractivity contribution in [1.82, 2.24) is 0 Å². The topological polar surface area (TPSA) is 32.3 Å². The molecule has 2 nitrogen and oxygen atoms in total. The summed E-state index contributed by atoms with van der Waals surface area (Å²) in [5.74, 6) is 0.0967.